The summed E-state index contributed by atoms with van der Waals surface area (Å²) in [6.45, 7) is 5.19. The van der Waals surface area contributed by atoms with Crippen LogP contribution in [0.5, 0.6) is 0 Å². The molecule has 3 unspecified atom stereocenters. The first-order chi connectivity index (χ1) is 28.5. The largest absolute Gasteiger partial charge is 0.456 e. The molecule has 3 aliphatic carbocycles. The zero-order valence-corrected chi connectivity index (χ0v) is 33.3. The van der Waals surface area contributed by atoms with Crippen molar-refractivity contribution in [2.45, 2.75) is 87.1 Å². The molecular weight excluding hydrogens is 707 g/mol. The number of hydrogen-bond acceptors (Lipinski definition) is 4. The standard InChI is InChI=1S/C54H47N3O/c1-52-30-11-12-31-53(52,2)57-45-25-14-24-44-50(45)54(33-35(34-54)39-21-13-22-42(52)51(39)57)41-29-28-38(32-46(41)56(44)37-18-7-4-8-19-37)55(36-16-5-3-6-17-36)43-23-15-27-48-49(43)40-20-9-10-26-47(40)58-48/h3-10,13-22,24-29,32,35,43H,11-12,23,30-31,33-34H2,1-2H3. The fourth-order valence-electron chi connectivity index (χ4n) is 13.0. The molecule has 4 nitrogen and oxygen atoms in total. The molecule has 6 aromatic carbocycles. The zero-order valence-electron chi connectivity index (χ0n) is 33.3. The van der Waals surface area contributed by atoms with Gasteiger partial charge in [0.05, 0.1) is 23.0 Å². The van der Waals surface area contributed by atoms with E-state index in [0.717, 1.165) is 30.6 Å². The second-order valence-corrected chi connectivity index (χ2v) is 18.4. The summed E-state index contributed by atoms with van der Waals surface area (Å²) in [7, 11) is 0. The summed E-state index contributed by atoms with van der Waals surface area (Å²) >= 11 is 0. The molecule has 5 heterocycles. The van der Waals surface area contributed by atoms with Crippen LogP contribution in [0.15, 0.2) is 150 Å². The molecule has 4 heteroatoms. The Kier molecular flexibility index (Phi) is 6.58. The van der Waals surface area contributed by atoms with Gasteiger partial charge in [0.25, 0.3) is 0 Å². The summed E-state index contributed by atoms with van der Waals surface area (Å²) in [5, 5.41) is 1.19. The van der Waals surface area contributed by atoms with Crippen molar-refractivity contribution in [3.8, 4) is 0 Å². The van der Waals surface area contributed by atoms with E-state index >= 15 is 0 Å². The first kappa shape index (κ1) is 33.0. The van der Waals surface area contributed by atoms with Gasteiger partial charge in [0.1, 0.15) is 11.3 Å². The highest BCUT2D eigenvalue weighted by Crippen LogP contribution is 2.72. The Balaban J connectivity index is 1.06. The van der Waals surface area contributed by atoms with Crippen LogP contribution in [0.1, 0.15) is 104 Å². The maximum atomic E-state index is 6.50. The van der Waals surface area contributed by atoms with Crippen molar-refractivity contribution < 1.29 is 4.42 Å². The molecule has 14 rings (SSSR count). The van der Waals surface area contributed by atoms with Crippen molar-refractivity contribution in [1.29, 1.82) is 0 Å². The molecule has 2 bridgehead atoms. The highest BCUT2D eigenvalue weighted by molar-refractivity contribution is 5.96. The summed E-state index contributed by atoms with van der Waals surface area (Å²) in [6, 6.07) is 52.8. The Hall–Kier alpha value is -6.00. The van der Waals surface area contributed by atoms with E-state index in [1.807, 2.05) is 0 Å². The minimum Gasteiger partial charge on any atom is -0.456 e. The second-order valence-electron chi connectivity index (χ2n) is 18.4. The monoisotopic (exact) mass is 753 g/mol. The van der Waals surface area contributed by atoms with Crippen molar-refractivity contribution in [3.63, 3.8) is 0 Å². The van der Waals surface area contributed by atoms with E-state index in [-0.39, 0.29) is 22.4 Å². The quantitative estimate of drug-likeness (QED) is 0.179. The van der Waals surface area contributed by atoms with Crippen LogP contribution < -0.4 is 14.7 Å². The van der Waals surface area contributed by atoms with Gasteiger partial charge < -0.3 is 19.1 Å². The van der Waals surface area contributed by atoms with Crippen LogP contribution in [0.2, 0.25) is 0 Å². The van der Waals surface area contributed by atoms with Crippen LogP contribution in [0.3, 0.4) is 0 Å². The van der Waals surface area contributed by atoms with Crippen LogP contribution in [0, 0.1) is 0 Å². The minimum absolute atomic E-state index is 0.00618. The van der Waals surface area contributed by atoms with E-state index in [0.29, 0.717) is 5.92 Å². The van der Waals surface area contributed by atoms with Crippen molar-refractivity contribution in [2.24, 2.45) is 0 Å². The maximum Gasteiger partial charge on any atom is 0.135 e. The van der Waals surface area contributed by atoms with Gasteiger partial charge in [-0.2, -0.15) is 0 Å². The Bertz CT molecular complexity index is 2850. The molecule has 7 aliphatic rings. The number of furan rings is 1. The number of nitrogens with zero attached hydrogens (tertiary/aromatic N) is 3. The van der Waals surface area contributed by atoms with Gasteiger partial charge in [0.15, 0.2) is 0 Å². The first-order valence-corrected chi connectivity index (χ1v) is 21.6. The van der Waals surface area contributed by atoms with Crippen LogP contribution in [-0.2, 0) is 10.8 Å². The predicted molar refractivity (Wildman–Crippen MR) is 238 cm³/mol. The third kappa shape index (κ3) is 4.06. The average molecular weight is 754 g/mol. The van der Waals surface area contributed by atoms with E-state index < -0.39 is 0 Å². The van der Waals surface area contributed by atoms with Gasteiger partial charge in [-0.25, -0.2) is 0 Å². The third-order valence-electron chi connectivity index (χ3n) is 15.8. The minimum atomic E-state index is -0.0907. The molecule has 4 aliphatic heterocycles. The second kappa shape index (κ2) is 11.6. The zero-order chi connectivity index (χ0) is 38.4. The van der Waals surface area contributed by atoms with E-state index in [9.17, 15) is 0 Å². The fraction of sp³-hybridized carbons (Fsp3) is 0.259. The number of anilines is 7. The van der Waals surface area contributed by atoms with Crippen molar-refractivity contribution in [3.05, 3.63) is 179 Å². The fourth-order valence-corrected chi connectivity index (χ4v) is 13.0. The molecule has 284 valence electrons. The molecule has 0 amide bonds. The Morgan fingerprint density at radius 3 is 2.29 bits per heavy atom. The van der Waals surface area contributed by atoms with Crippen LogP contribution in [0.4, 0.5) is 39.8 Å². The highest BCUT2D eigenvalue weighted by atomic mass is 16.3. The van der Waals surface area contributed by atoms with Gasteiger partial charge >= 0.3 is 0 Å². The summed E-state index contributed by atoms with van der Waals surface area (Å²) in [5.74, 6) is 1.48. The maximum absolute atomic E-state index is 6.50. The van der Waals surface area contributed by atoms with Gasteiger partial charge in [-0.1, -0.05) is 111 Å². The summed E-state index contributed by atoms with van der Waals surface area (Å²) in [6.07, 6.45) is 12.6. The van der Waals surface area contributed by atoms with Gasteiger partial charge in [-0.15, -0.1) is 0 Å². The van der Waals surface area contributed by atoms with Crippen molar-refractivity contribution in [1.82, 2.24) is 0 Å². The smallest absolute Gasteiger partial charge is 0.135 e. The number of benzene rings is 6. The Morgan fingerprint density at radius 1 is 0.672 bits per heavy atom. The van der Waals surface area contributed by atoms with Crippen LogP contribution in [0.25, 0.3) is 17.0 Å². The Labute approximate surface area is 341 Å². The molecule has 58 heavy (non-hydrogen) atoms. The molecule has 1 spiro atoms. The normalized spacial score (nSPS) is 26.7. The van der Waals surface area contributed by atoms with E-state index in [2.05, 4.69) is 180 Å². The van der Waals surface area contributed by atoms with E-state index in [4.69, 9.17) is 4.42 Å². The SMILES string of the molecule is CC12CCCCC1(C)N1c3cccc4c3C3(CC(C3)c3cccc2c31)c1ccc(N(c2ccccc2)C2CC=Cc3oc5ccccc5c32)cc1N4c1ccccc1. The highest BCUT2D eigenvalue weighted by Gasteiger charge is 2.63. The van der Waals surface area contributed by atoms with Crippen molar-refractivity contribution >= 4 is 56.9 Å². The molecule has 2 saturated carbocycles. The van der Waals surface area contributed by atoms with Gasteiger partial charge in [-0.3, -0.25) is 0 Å². The predicted octanol–water partition coefficient (Wildman–Crippen LogP) is 14.4. The lowest BCUT2D eigenvalue weighted by Crippen LogP contribution is -2.56. The number of rotatable bonds is 4. The molecule has 0 saturated heterocycles. The number of hydrogen-bond donors (Lipinski definition) is 0. The first-order valence-electron chi connectivity index (χ1n) is 21.6. The van der Waals surface area contributed by atoms with Crippen molar-refractivity contribution in [2.75, 3.05) is 14.7 Å². The molecule has 3 atom stereocenters. The molecule has 1 aromatic heterocycles. The molecule has 0 N–H and O–H groups in total. The molecule has 2 fully saturated rings. The molecular formula is C54H47N3O. The van der Waals surface area contributed by atoms with Crippen LogP contribution >= 0.6 is 0 Å². The topological polar surface area (TPSA) is 22.9 Å². The summed E-state index contributed by atoms with van der Waals surface area (Å²) < 4.78 is 6.50. The van der Waals surface area contributed by atoms with Gasteiger partial charge in [0.2, 0.25) is 0 Å². The average Bonchev–Trinajstić information content (AvgIpc) is 3.72. The van der Waals surface area contributed by atoms with E-state index in [1.54, 1.807) is 11.1 Å². The summed E-state index contributed by atoms with van der Waals surface area (Å²) in [5.41, 5.74) is 17.5. The molecule has 0 radical (unpaired) electrons. The van der Waals surface area contributed by atoms with Gasteiger partial charge in [-0.05, 0) is 122 Å². The lowest BCUT2D eigenvalue weighted by atomic mass is 9.51. The Morgan fingerprint density at radius 2 is 1.43 bits per heavy atom. The van der Waals surface area contributed by atoms with E-state index in [1.165, 1.54) is 87.6 Å². The molecule has 7 aromatic rings. The number of para-hydroxylation sites is 4. The third-order valence-corrected chi connectivity index (χ3v) is 15.8. The van der Waals surface area contributed by atoms with Gasteiger partial charge in [0, 0.05) is 55.8 Å². The number of fused-ring (bicyclic) bond motifs is 6. The lowest BCUT2D eigenvalue weighted by Gasteiger charge is -2.59. The van der Waals surface area contributed by atoms with Crippen LogP contribution in [-0.4, -0.2) is 5.54 Å². The lowest BCUT2D eigenvalue weighted by molar-refractivity contribution is 0.192. The summed E-state index contributed by atoms with van der Waals surface area (Å²) in [4.78, 5) is 8.07.